The normalized spacial score (nSPS) is 15.7. The van der Waals surface area contributed by atoms with Crippen LogP contribution >= 0.6 is 0 Å². The van der Waals surface area contributed by atoms with Crippen molar-refractivity contribution in [2.24, 2.45) is 5.73 Å². The van der Waals surface area contributed by atoms with Crippen LogP contribution in [0.3, 0.4) is 0 Å². The molecule has 0 radical (unpaired) electrons. The Morgan fingerprint density at radius 3 is 2.38 bits per heavy atom. The van der Waals surface area contributed by atoms with E-state index in [1.165, 1.54) is 5.56 Å². The third-order valence-corrected chi connectivity index (χ3v) is 3.95. The summed E-state index contributed by atoms with van der Waals surface area (Å²) in [5.74, 6) is -0.574. The maximum atomic E-state index is 12.7. The van der Waals surface area contributed by atoms with Gasteiger partial charge in [-0.15, -0.1) is 0 Å². The van der Waals surface area contributed by atoms with Gasteiger partial charge >= 0.3 is 0 Å². The van der Waals surface area contributed by atoms with Crippen LogP contribution in [0, 0.1) is 0 Å². The first-order chi connectivity index (χ1) is 10.1. The van der Waals surface area contributed by atoms with Gasteiger partial charge in [0.25, 0.3) is 5.91 Å². The van der Waals surface area contributed by atoms with Gasteiger partial charge in [0.2, 0.25) is 5.91 Å². The predicted octanol–water partition coefficient (Wildman–Crippen LogP) is 0.928. The third kappa shape index (κ3) is 4.04. The topological polar surface area (TPSA) is 75.4 Å². The monoisotopic (exact) mass is 289 g/mol. The van der Waals surface area contributed by atoms with Crippen LogP contribution in [0.4, 0.5) is 0 Å². The molecule has 1 saturated heterocycles. The van der Waals surface area contributed by atoms with Crippen LogP contribution in [0.25, 0.3) is 0 Å². The molecule has 1 heterocycles. The van der Waals surface area contributed by atoms with Gasteiger partial charge in [-0.25, -0.2) is 0 Å². The lowest BCUT2D eigenvalue weighted by Crippen LogP contribution is -2.49. The molecule has 0 atom stereocenters. The fraction of sp³-hybridized carbons (Fsp3) is 0.500. The number of carbonyl (C=O) groups is 2. The number of hydrogen-bond acceptors (Lipinski definition) is 3. The van der Waals surface area contributed by atoms with Crippen LogP contribution in [0.1, 0.15) is 35.7 Å². The highest BCUT2D eigenvalue weighted by Gasteiger charge is 2.27. The summed E-state index contributed by atoms with van der Waals surface area (Å²) in [6, 6.07) is 7.65. The van der Waals surface area contributed by atoms with Crippen LogP contribution in [0.5, 0.6) is 0 Å². The van der Waals surface area contributed by atoms with Crippen LogP contribution in [0.15, 0.2) is 24.3 Å². The summed E-state index contributed by atoms with van der Waals surface area (Å²) in [7, 11) is 0. The van der Waals surface area contributed by atoms with Gasteiger partial charge in [0, 0.05) is 11.6 Å². The number of hydrogen-bond donors (Lipinski definition) is 2. The van der Waals surface area contributed by atoms with Crippen molar-refractivity contribution < 1.29 is 9.59 Å². The number of aryl methyl sites for hydroxylation is 1. The molecule has 5 nitrogen and oxygen atoms in total. The number of nitrogens with one attached hydrogen (secondary N) is 1. The second kappa shape index (κ2) is 7.22. The number of carbonyl (C=O) groups excluding carboxylic acids is 2. The van der Waals surface area contributed by atoms with E-state index in [4.69, 9.17) is 5.73 Å². The molecule has 5 heteroatoms. The molecule has 0 aliphatic carbocycles. The van der Waals surface area contributed by atoms with Gasteiger partial charge in [0.05, 0.1) is 6.54 Å². The Labute approximate surface area is 125 Å². The molecule has 0 aromatic heterocycles. The first-order valence-electron chi connectivity index (χ1n) is 7.50. The molecule has 0 bridgehead atoms. The van der Waals surface area contributed by atoms with Crippen LogP contribution in [-0.4, -0.2) is 42.4 Å². The molecule has 0 saturated carbocycles. The van der Waals surface area contributed by atoms with Crippen molar-refractivity contribution in [3.63, 3.8) is 0 Å². The van der Waals surface area contributed by atoms with Gasteiger partial charge in [-0.1, -0.05) is 19.1 Å². The fourth-order valence-electron chi connectivity index (χ4n) is 2.70. The zero-order chi connectivity index (χ0) is 15.2. The smallest absolute Gasteiger partial charge is 0.254 e. The van der Waals surface area contributed by atoms with Crippen LogP contribution < -0.4 is 11.1 Å². The zero-order valence-electron chi connectivity index (χ0n) is 12.5. The molecular weight excluding hydrogens is 266 g/mol. The Hall–Kier alpha value is -1.88. The lowest BCUT2D eigenvalue weighted by atomic mass is 10.0. The Balaban J connectivity index is 2.17. The van der Waals surface area contributed by atoms with E-state index in [2.05, 4.69) is 12.2 Å². The number of amides is 2. The second-order valence-electron chi connectivity index (χ2n) is 5.43. The van der Waals surface area contributed by atoms with E-state index >= 15 is 0 Å². The van der Waals surface area contributed by atoms with E-state index < -0.39 is 5.91 Å². The number of nitrogens with two attached hydrogens (primary N) is 1. The zero-order valence-corrected chi connectivity index (χ0v) is 12.5. The second-order valence-corrected chi connectivity index (χ2v) is 5.43. The fourth-order valence-corrected chi connectivity index (χ4v) is 2.70. The van der Waals surface area contributed by atoms with Crippen molar-refractivity contribution in [3.8, 4) is 0 Å². The number of primary amides is 1. The highest BCUT2D eigenvalue weighted by molar-refractivity contribution is 5.96. The molecule has 114 valence electrons. The quantitative estimate of drug-likeness (QED) is 0.846. The Morgan fingerprint density at radius 2 is 1.86 bits per heavy atom. The highest BCUT2D eigenvalue weighted by atomic mass is 16.2. The summed E-state index contributed by atoms with van der Waals surface area (Å²) in [5.41, 5.74) is 7.12. The lowest BCUT2D eigenvalue weighted by Gasteiger charge is -2.34. The molecule has 2 amide bonds. The molecular formula is C16H23N3O2. The van der Waals surface area contributed by atoms with Crippen molar-refractivity contribution in [1.82, 2.24) is 10.2 Å². The standard InChI is InChI=1S/C16H23N3O2/c1-2-12-3-5-13(6-4-12)16(21)19(11-15(17)20)14-7-9-18-10-8-14/h3-6,14,18H,2,7-11H2,1H3,(H2,17,20). The summed E-state index contributed by atoms with van der Waals surface area (Å²) in [5, 5.41) is 3.26. The first kappa shape index (κ1) is 15.5. The number of rotatable bonds is 5. The molecule has 0 spiro atoms. The van der Waals surface area contributed by atoms with Gasteiger partial charge in [-0.3, -0.25) is 9.59 Å². The molecule has 0 unspecified atom stereocenters. The first-order valence-corrected chi connectivity index (χ1v) is 7.50. The van der Waals surface area contributed by atoms with Gasteiger partial charge in [0.15, 0.2) is 0 Å². The van der Waals surface area contributed by atoms with Gasteiger partial charge in [-0.2, -0.15) is 0 Å². The average molecular weight is 289 g/mol. The molecule has 1 aliphatic heterocycles. The van der Waals surface area contributed by atoms with E-state index in [-0.39, 0.29) is 18.5 Å². The predicted molar refractivity (Wildman–Crippen MR) is 81.9 cm³/mol. The molecule has 1 aromatic rings. The minimum Gasteiger partial charge on any atom is -0.368 e. The van der Waals surface area contributed by atoms with Crippen molar-refractivity contribution in [2.75, 3.05) is 19.6 Å². The Bertz CT molecular complexity index is 493. The molecule has 1 aromatic carbocycles. The van der Waals surface area contributed by atoms with E-state index in [9.17, 15) is 9.59 Å². The van der Waals surface area contributed by atoms with E-state index in [0.29, 0.717) is 5.56 Å². The maximum absolute atomic E-state index is 12.7. The Morgan fingerprint density at radius 1 is 1.24 bits per heavy atom. The van der Waals surface area contributed by atoms with Gasteiger partial charge in [0.1, 0.15) is 0 Å². The molecule has 3 N–H and O–H groups in total. The van der Waals surface area contributed by atoms with Crippen LogP contribution in [-0.2, 0) is 11.2 Å². The summed E-state index contributed by atoms with van der Waals surface area (Å²) >= 11 is 0. The van der Waals surface area contributed by atoms with Gasteiger partial charge < -0.3 is 16.0 Å². The summed E-state index contributed by atoms with van der Waals surface area (Å²) in [4.78, 5) is 25.6. The number of benzene rings is 1. The molecule has 1 fully saturated rings. The third-order valence-electron chi connectivity index (χ3n) is 3.95. The minimum absolute atomic E-state index is 0.0149. The molecule has 2 rings (SSSR count). The average Bonchev–Trinajstić information content (AvgIpc) is 2.53. The van der Waals surface area contributed by atoms with E-state index in [0.717, 1.165) is 32.4 Å². The summed E-state index contributed by atoms with van der Waals surface area (Å²) in [6.45, 7) is 3.79. The van der Waals surface area contributed by atoms with Crippen LogP contribution in [0.2, 0.25) is 0 Å². The SMILES string of the molecule is CCc1ccc(C(=O)N(CC(N)=O)C2CCNCC2)cc1. The number of piperidine rings is 1. The largest absolute Gasteiger partial charge is 0.368 e. The van der Waals surface area contributed by atoms with E-state index in [1.807, 2.05) is 24.3 Å². The van der Waals surface area contributed by atoms with Crippen molar-refractivity contribution in [1.29, 1.82) is 0 Å². The van der Waals surface area contributed by atoms with Gasteiger partial charge in [-0.05, 0) is 50.0 Å². The summed E-state index contributed by atoms with van der Waals surface area (Å²) in [6.07, 6.45) is 2.64. The highest BCUT2D eigenvalue weighted by Crippen LogP contribution is 2.16. The van der Waals surface area contributed by atoms with E-state index in [1.54, 1.807) is 4.90 Å². The summed E-state index contributed by atoms with van der Waals surface area (Å²) < 4.78 is 0. The van der Waals surface area contributed by atoms with Crippen molar-refractivity contribution in [3.05, 3.63) is 35.4 Å². The van der Waals surface area contributed by atoms with Crippen molar-refractivity contribution in [2.45, 2.75) is 32.2 Å². The minimum atomic E-state index is -0.466. The van der Waals surface area contributed by atoms with Crippen molar-refractivity contribution >= 4 is 11.8 Å². The maximum Gasteiger partial charge on any atom is 0.254 e. The molecule has 1 aliphatic rings. The Kier molecular flexibility index (Phi) is 5.33. The molecule has 21 heavy (non-hydrogen) atoms. The lowest BCUT2D eigenvalue weighted by molar-refractivity contribution is -0.119. The number of nitrogens with zero attached hydrogens (tertiary/aromatic N) is 1.